The molecule has 0 aliphatic rings. The van der Waals surface area contributed by atoms with Crippen molar-refractivity contribution in [1.29, 1.82) is 5.26 Å². The average Bonchev–Trinajstić information content (AvgIpc) is 2.21. The van der Waals surface area contributed by atoms with Gasteiger partial charge in [0.1, 0.15) is 0 Å². The van der Waals surface area contributed by atoms with Crippen LogP contribution in [0, 0.1) is 11.3 Å². The molecular formula is C9H5ClN3O2-. The second kappa shape index (κ2) is 5.08. The van der Waals surface area contributed by atoms with Crippen LogP contribution in [0.4, 0.5) is 5.69 Å². The minimum absolute atomic E-state index is 0.418. The Morgan fingerprint density at radius 1 is 1.47 bits per heavy atom. The standard InChI is InChI=1S/C9H6ClN3O2/c10-6-1-3-7(4-2-6)12-13-8(5-11)9(14)15/h1-4,8H,(H,14,15)/p-1. The van der Waals surface area contributed by atoms with Crippen LogP contribution >= 0.6 is 11.6 Å². The SMILES string of the molecule is N#CC(N=Nc1ccc(Cl)cc1)C(=O)[O-]. The molecule has 0 amide bonds. The van der Waals surface area contributed by atoms with Gasteiger partial charge in [-0.1, -0.05) is 11.6 Å². The summed E-state index contributed by atoms with van der Waals surface area (Å²) in [4.78, 5) is 10.3. The van der Waals surface area contributed by atoms with Crippen LogP contribution in [0.15, 0.2) is 34.5 Å². The Morgan fingerprint density at radius 3 is 2.53 bits per heavy atom. The summed E-state index contributed by atoms with van der Waals surface area (Å²) in [6.07, 6.45) is 0. The lowest BCUT2D eigenvalue weighted by Crippen LogP contribution is -2.33. The first-order valence-corrected chi connectivity index (χ1v) is 4.28. The summed E-state index contributed by atoms with van der Waals surface area (Å²) in [5.74, 6) is -1.57. The van der Waals surface area contributed by atoms with Gasteiger partial charge in [0.2, 0.25) is 0 Å². The molecule has 1 aromatic carbocycles. The molecule has 0 N–H and O–H groups in total. The van der Waals surface area contributed by atoms with Crippen LogP contribution in [-0.4, -0.2) is 12.0 Å². The van der Waals surface area contributed by atoms with Gasteiger partial charge in [-0.15, -0.1) is 0 Å². The van der Waals surface area contributed by atoms with Crippen LogP contribution in [-0.2, 0) is 4.79 Å². The molecule has 0 heterocycles. The number of halogens is 1. The maximum atomic E-state index is 10.3. The van der Waals surface area contributed by atoms with Crippen molar-refractivity contribution < 1.29 is 9.90 Å². The second-order valence-corrected chi connectivity index (χ2v) is 2.98. The number of carbonyl (C=O) groups excluding carboxylic acids is 1. The van der Waals surface area contributed by atoms with Crippen LogP contribution in [0.5, 0.6) is 0 Å². The number of carboxylic acids is 1. The highest BCUT2D eigenvalue weighted by Gasteiger charge is 2.04. The summed E-state index contributed by atoms with van der Waals surface area (Å²) in [6.45, 7) is 0. The second-order valence-electron chi connectivity index (χ2n) is 2.54. The highest BCUT2D eigenvalue weighted by Crippen LogP contribution is 2.16. The van der Waals surface area contributed by atoms with Gasteiger partial charge in [-0.2, -0.15) is 15.5 Å². The van der Waals surface area contributed by atoms with Crippen molar-refractivity contribution in [2.24, 2.45) is 10.2 Å². The van der Waals surface area contributed by atoms with Crippen LogP contribution in [0.2, 0.25) is 5.02 Å². The first kappa shape index (κ1) is 11.1. The van der Waals surface area contributed by atoms with Crippen LogP contribution in [0.1, 0.15) is 0 Å². The molecule has 0 aliphatic heterocycles. The number of aliphatic carboxylic acids is 1. The normalized spacial score (nSPS) is 12.3. The number of carboxylic acid groups (broad SMARTS) is 1. The molecule has 0 aliphatic carbocycles. The van der Waals surface area contributed by atoms with E-state index in [-0.39, 0.29) is 0 Å². The first-order chi connectivity index (χ1) is 7.13. The van der Waals surface area contributed by atoms with Crippen molar-refractivity contribution in [3.63, 3.8) is 0 Å². The van der Waals surface area contributed by atoms with Gasteiger partial charge >= 0.3 is 0 Å². The Hall–Kier alpha value is -1.93. The van der Waals surface area contributed by atoms with Gasteiger partial charge in [-0.25, -0.2) is 0 Å². The fourth-order valence-electron chi connectivity index (χ4n) is 0.758. The van der Waals surface area contributed by atoms with Gasteiger partial charge in [0.15, 0.2) is 6.04 Å². The molecule has 1 aromatic rings. The van der Waals surface area contributed by atoms with E-state index >= 15 is 0 Å². The highest BCUT2D eigenvalue weighted by atomic mass is 35.5. The molecule has 0 radical (unpaired) electrons. The van der Waals surface area contributed by atoms with Gasteiger partial charge < -0.3 is 9.90 Å². The summed E-state index contributed by atoms with van der Waals surface area (Å²) >= 11 is 5.62. The van der Waals surface area contributed by atoms with Crippen molar-refractivity contribution in [3.8, 4) is 6.07 Å². The van der Waals surface area contributed by atoms with E-state index in [0.29, 0.717) is 10.7 Å². The Morgan fingerprint density at radius 2 is 2.07 bits per heavy atom. The highest BCUT2D eigenvalue weighted by molar-refractivity contribution is 6.30. The minimum Gasteiger partial charge on any atom is -0.547 e. The molecule has 0 spiro atoms. The van der Waals surface area contributed by atoms with Crippen molar-refractivity contribution in [1.82, 2.24) is 0 Å². The molecule has 15 heavy (non-hydrogen) atoms. The molecule has 0 bridgehead atoms. The monoisotopic (exact) mass is 222 g/mol. The van der Waals surface area contributed by atoms with Crippen molar-refractivity contribution in [2.75, 3.05) is 0 Å². The molecule has 0 saturated heterocycles. The Kier molecular flexibility index (Phi) is 3.77. The Bertz CT molecular complexity index is 422. The van der Waals surface area contributed by atoms with Crippen LogP contribution < -0.4 is 5.11 Å². The fraction of sp³-hybridized carbons (Fsp3) is 0.111. The molecule has 1 rings (SSSR count). The van der Waals surface area contributed by atoms with Crippen molar-refractivity contribution in [2.45, 2.75) is 6.04 Å². The Balaban J connectivity index is 2.77. The summed E-state index contributed by atoms with van der Waals surface area (Å²) in [5, 5.41) is 26.1. The number of hydrogen-bond donors (Lipinski definition) is 0. The quantitative estimate of drug-likeness (QED) is 0.717. The Labute approximate surface area is 90.6 Å². The van der Waals surface area contributed by atoms with E-state index in [0.717, 1.165) is 0 Å². The lowest BCUT2D eigenvalue weighted by atomic mass is 10.3. The summed E-state index contributed by atoms with van der Waals surface area (Å²) in [5.41, 5.74) is 0.418. The molecule has 0 fully saturated rings. The van der Waals surface area contributed by atoms with Crippen molar-refractivity contribution >= 4 is 23.3 Å². The van der Waals surface area contributed by atoms with Gasteiger partial charge in [0.25, 0.3) is 0 Å². The average molecular weight is 223 g/mol. The summed E-state index contributed by atoms with van der Waals surface area (Å²) in [7, 11) is 0. The molecule has 6 heteroatoms. The number of rotatable bonds is 3. The molecule has 0 saturated carbocycles. The number of nitrogens with zero attached hydrogens (tertiary/aromatic N) is 3. The van der Waals surface area contributed by atoms with E-state index in [4.69, 9.17) is 16.9 Å². The summed E-state index contributed by atoms with van der Waals surface area (Å²) in [6, 6.07) is 6.11. The zero-order valence-electron chi connectivity index (χ0n) is 7.42. The molecule has 1 atom stereocenters. The largest absolute Gasteiger partial charge is 0.547 e. The first-order valence-electron chi connectivity index (χ1n) is 3.90. The fourth-order valence-corrected chi connectivity index (χ4v) is 0.884. The third-order valence-corrected chi connectivity index (χ3v) is 1.71. The van der Waals surface area contributed by atoms with Gasteiger partial charge in [0.05, 0.1) is 17.7 Å². The molecule has 0 aromatic heterocycles. The molecule has 76 valence electrons. The number of hydrogen-bond acceptors (Lipinski definition) is 5. The number of nitriles is 1. The topological polar surface area (TPSA) is 88.6 Å². The van der Waals surface area contributed by atoms with E-state index < -0.39 is 12.0 Å². The van der Waals surface area contributed by atoms with E-state index in [2.05, 4.69) is 10.2 Å². The van der Waals surface area contributed by atoms with Crippen molar-refractivity contribution in [3.05, 3.63) is 29.3 Å². The lowest BCUT2D eigenvalue weighted by molar-refractivity contribution is -0.305. The number of benzene rings is 1. The number of azo groups is 1. The maximum Gasteiger partial charge on any atom is 0.196 e. The minimum atomic E-state index is -1.58. The zero-order valence-corrected chi connectivity index (χ0v) is 8.18. The van der Waals surface area contributed by atoms with E-state index in [1.807, 2.05) is 0 Å². The number of carbonyl (C=O) groups is 1. The zero-order chi connectivity index (χ0) is 11.3. The predicted octanol–water partition coefficient (Wildman–Crippen LogP) is 1.07. The molecule has 5 nitrogen and oxygen atoms in total. The van der Waals surface area contributed by atoms with Gasteiger partial charge in [-0.3, -0.25) is 0 Å². The van der Waals surface area contributed by atoms with Crippen LogP contribution in [0.3, 0.4) is 0 Å². The molecular weight excluding hydrogens is 218 g/mol. The maximum absolute atomic E-state index is 10.3. The molecule has 1 unspecified atom stereocenters. The van der Waals surface area contributed by atoms with Gasteiger partial charge in [-0.05, 0) is 24.3 Å². The van der Waals surface area contributed by atoms with E-state index in [9.17, 15) is 9.90 Å². The van der Waals surface area contributed by atoms with E-state index in [1.165, 1.54) is 6.07 Å². The van der Waals surface area contributed by atoms with E-state index in [1.54, 1.807) is 24.3 Å². The third kappa shape index (κ3) is 3.37. The van der Waals surface area contributed by atoms with Gasteiger partial charge in [0, 0.05) is 5.02 Å². The lowest BCUT2D eigenvalue weighted by Gasteiger charge is -2.01. The predicted molar refractivity (Wildman–Crippen MR) is 50.4 cm³/mol. The smallest absolute Gasteiger partial charge is 0.196 e. The third-order valence-electron chi connectivity index (χ3n) is 1.46. The van der Waals surface area contributed by atoms with Crippen LogP contribution in [0.25, 0.3) is 0 Å². The summed E-state index contributed by atoms with van der Waals surface area (Å²) < 4.78 is 0.